The summed E-state index contributed by atoms with van der Waals surface area (Å²) in [5.41, 5.74) is 1.44. The van der Waals surface area contributed by atoms with E-state index in [1.54, 1.807) is 12.3 Å². The summed E-state index contributed by atoms with van der Waals surface area (Å²) < 4.78 is 5.61. The Morgan fingerprint density at radius 2 is 2.05 bits per heavy atom. The Bertz CT molecular complexity index is 585. The van der Waals surface area contributed by atoms with Crippen molar-refractivity contribution < 1.29 is 14.9 Å². The van der Waals surface area contributed by atoms with E-state index in [1.807, 2.05) is 26.0 Å². The second-order valence-corrected chi connectivity index (χ2v) is 4.69. The molecule has 0 bridgehead atoms. The molecule has 0 aliphatic heterocycles. The number of hydrogen-bond donors (Lipinski definition) is 3. The molecule has 0 saturated heterocycles. The van der Waals surface area contributed by atoms with Crippen LogP contribution in [0.15, 0.2) is 36.5 Å². The van der Waals surface area contributed by atoms with Gasteiger partial charge in [0.2, 0.25) is 5.88 Å². The zero-order valence-electron chi connectivity index (χ0n) is 11.5. The maximum absolute atomic E-state index is 9.74. The van der Waals surface area contributed by atoms with Gasteiger partial charge in [-0.1, -0.05) is 0 Å². The highest BCUT2D eigenvalue weighted by Crippen LogP contribution is 2.26. The number of phenolic OH excluding ortho intramolecular Hbond substituents is 2. The van der Waals surface area contributed by atoms with Gasteiger partial charge >= 0.3 is 0 Å². The van der Waals surface area contributed by atoms with Crippen LogP contribution in [0.2, 0.25) is 0 Å². The van der Waals surface area contributed by atoms with Crippen LogP contribution < -0.4 is 10.1 Å². The highest BCUT2D eigenvalue weighted by Gasteiger charge is 2.08. The van der Waals surface area contributed by atoms with E-state index in [0.717, 1.165) is 5.69 Å². The predicted octanol–water partition coefficient (Wildman–Crippen LogP) is 2.89. The number of aromatic nitrogens is 1. The number of pyridine rings is 1. The lowest BCUT2D eigenvalue weighted by atomic mass is 10.2. The van der Waals surface area contributed by atoms with E-state index in [0.29, 0.717) is 18.0 Å². The quantitative estimate of drug-likeness (QED) is 0.781. The van der Waals surface area contributed by atoms with Gasteiger partial charge in [0, 0.05) is 24.4 Å². The van der Waals surface area contributed by atoms with E-state index in [-0.39, 0.29) is 17.6 Å². The Morgan fingerprint density at radius 1 is 1.25 bits per heavy atom. The van der Waals surface area contributed by atoms with E-state index in [4.69, 9.17) is 4.74 Å². The van der Waals surface area contributed by atoms with Crippen LogP contribution in [0, 0.1) is 0 Å². The Morgan fingerprint density at radius 3 is 2.75 bits per heavy atom. The van der Waals surface area contributed by atoms with Gasteiger partial charge in [0.15, 0.2) is 0 Å². The topological polar surface area (TPSA) is 74.6 Å². The molecule has 0 amide bonds. The average Bonchev–Trinajstić information content (AvgIpc) is 2.39. The molecule has 0 spiro atoms. The maximum atomic E-state index is 9.74. The summed E-state index contributed by atoms with van der Waals surface area (Å²) in [7, 11) is 0. The van der Waals surface area contributed by atoms with E-state index in [9.17, 15) is 10.2 Å². The van der Waals surface area contributed by atoms with E-state index >= 15 is 0 Å². The third kappa shape index (κ3) is 3.54. The van der Waals surface area contributed by atoms with Gasteiger partial charge in [0.25, 0.3) is 0 Å². The second-order valence-electron chi connectivity index (χ2n) is 4.69. The average molecular weight is 274 g/mol. The van der Waals surface area contributed by atoms with Crippen molar-refractivity contribution in [3.05, 3.63) is 42.1 Å². The van der Waals surface area contributed by atoms with Crippen LogP contribution in [-0.4, -0.2) is 21.3 Å². The van der Waals surface area contributed by atoms with Crippen LogP contribution >= 0.6 is 0 Å². The number of ether oxygens (including phenoxy) is 1. The molecule has 0 unspecified atom stereocenters. The van der Waals surface area contributed by atoms with Crippen molar-refractivity contribution >= 4 is 5.69 Å². The molecule has 0 aliphatic carbocycles. The van der Waals surface area contributed by atoms with Gasteiger partial charge in [0.1, 0.15) is 11.5 Å². The number of anilines is 1. The first kappa shape index (κ1) is 14.0. The molecule has 5 nitrogen and oxygen atoms in total. The second kappa shape index (κ2) is 6.14. The number of benzene rings is 1. The Kier molecular flexibility index (Phi) is 4.30. The monoisotopic (exact) mass is 274 g/mol. The van der Waals surface area contributed by atoms with Crippen molar-refractivity contribution in [1.82, 2.24) is 4.98 Å². The number of phenols is 2. The normalized spacial score (nSPS) is 10.6. The number of nitrogens with zero attached hydrogens (tertiary/aromatic N) is 1. The summed E-state index contributed by atoms with van der Waals surface area (Å²) in [4.78, 5) is 4.18. The molecule has 5 heteroatoms. The van der Waals surface area contributed by atoms with E-state index in [1.165, 1.54) is 12.1 Å². The first-order chi connectivity index (χ1) is 9.56. The summed E-state index contributed by atoms with van der Waals surface area (Å²) in [6.45, 7) is 4.28. The summed E-state index contributed by atoms with van der Waals surface area (Å²) in [6.07, 6.45) is 1.70. The molecule has 2 rings (SSSR count). The lowest BCUT2D eigenvalue weighted by Gasteiger charge is -2.14. The molecule has 3 N–H and O–H groups in total. The zero-order chi connectivity index (χ0) is 14.5. The van der Waals surface area contributed by atoms with Crippen LogP contribution in [0.4, 0.5) is 5.69 Å². The SMILES string of the molecule is CC(C)Oc1ncccc1NCc1ccc(O)cc1O. The standard InChI is InChI=1S/C15H18N2O3/c1-10(2)20-15-13(4-3-7-16-15)17-9-11-5-6-12(18)8-14(11)19/h3-8,10,17-19H,9H2,1-2H3. The van der Waals surface area contributed by atoms with Gasteiger partial charge in [0.05, 0.1) is 11.8 Å². The van der Waals surface area contributed by atoms with Crippen molar-refractivity contribution in [2.45, 2.75) is 26.5 Å². The van der Waals surface area contributed by atoms with Gasteiger partial charge in [-0.15, -0.1) is 0 Å². The molecule has 0 atom stereocenters. The van der Waals surface area contributed by atoms with E-state index < -0.39 is 0 Å². The Hall–Kier alpha value is -2.43. The minimum Gasteiger partial charge on any atom is -0.508 e. The fourth-order valence-electron chi connectivity index (χ4n) is 1.73. The summed E-state index contributed by atoms with van der Waals surface area (Å²) in [5.74, 6) is 0.616. The van der Waals surface area contributed by atoms with Crippen LogP contribution in [0.25, 0.3) is 0 Å². The Labute approximate surface area is 117 Å². The highest BCUT2D eigenvalue weighted by molar-refractivity contribution is 5.53. The molecular formula is C15H18N2O3. The lowest BCUT2D eigenvalue weighted by Crippen LogP contribution is -2.10. The van der Waals surface area contributed by atoms with Crippen LogP contribution in [0.1, 0.15) is 19.4 Å². The Balaban J connectivity index is 2.10. The van der Waals surface area contributed by atoms with Crippen molar-refractivity contribution in [3.8, 4) is 17.4 Å². The number of hydrogen-bond acceptors (Lipinski definition) is 5. The fourth-order valence-corrected chi connectivity index (χ4v) is 1.73. The van der Waals surface area contributed by atoms with Crippen LogP contribution in [0.3, 0.4) is 0 Å². The van der Waals surface area contributed by atoms with Gasteiger partial charge in [-0.05, 0) is 38.1 Å². The van der Waals surface area contributed by atoms with E-state index in [2.05, 4.69) is 10.3 Å². The minimum absolute atomic E-state index is 0.0347. The molecule has 1 aromatic carbocycles. The fraction of sp³-hybridized carbons (Fsp3) is 0.267. The number of rotatable bonds is 5. The smallest absolute Gasteiger partial charge is 0.237 e. The minimum atomic E-state index is 0.0347. The van der Waals surface area contributed by atoms with Crippen molar-refractivity contribution in [1.29, 1.82) is 0 Å². The largest absolute Gasteiger partial charge is 0.508 e. The molecule has 1 heterocycles. The molecule has 20 heavy (non-hydrogen) atoms. The van der Waals surface area contributed by atoms with Gasteiger partial charge in [-0.3, -0.25) is 0 Å². The number of aromatic hydroxyl groups is 2. The molecule has 0 radical (unpaired) electrons. The van der Waals surface area contributed by atoms with Crippen LogP contribution in [0.5, 0.6) is 17.4 Å². The van der Waals surface area contributed by atoms with Crippen molar-refractivity contribution in [3.63, 3.8) is 0 Å². The molecule has 0 fully saturated rings. The first-order valence-corrected chi connectivity index (χ1v) is 6.42. The maximum Gasteiger partial charge on any atom is 0.237 e. The van der Waals surface area contributed by atoms with Crippen molar-refractivity contribution in [2.24, 2.45) is 0 Å². The summed E-state index contributed by atoms with van der Waals surface area (Å²) >= 11 is 0. The summed E-state index contributed by atoms with van der Waals surface area (Å²) in [5, 5.41) is 22.2. The number of nitrogens with one attached hydrogen (secondary N) is 1. The van der Waals surface area contributed by atoms with Gasteiger partial charge in [-0.25, -0.2) is 4.98 Å². The molecular weight excluding hydrogens is 256 g/mol. The predicted molar refractivity (Wildman–Crippen MR) is 77.1 cm³/mol. The molecule has 0 saturated carbocycles. The highest BCUT2D eigenvalue weighted by atomic mass is 16.5. The van der Waals surface area contributed by atoms with Crippen LogP contribution in [-0.2, 0) is 6.54 Å². The molecule has 2 aromatic rings. The third-order valence-electron chi connectivity index (χ3n) is 2.66. The van der Waals surface area contributed by atoms with Crippen molar-refractivity contribution in [2.75, 3.05) is 5.32 Å². The zero-order valence-corrected chi connectivity index (χ0v) is 11.5. The third-order valence-corrected chi connectivity index (χ3v) is 2.66. The first-order valence-electron chi connectivity index (χ1n) is 6.42. The summed E-state index contributed by atoms with van der Waals surface area (Å²) in [6, 6.07) is 8.18. The molecule has 0 aliphatic rings. The molecule has 1 aromatic heterocycles. The van der Waals surface area contributed by atoms with Gasteiger partial charge in [-0.2, -0.15) is 0 Å². The molecule has 106 valence electrons. The lowest BCUT2D eigenvalue weighted by molar-refractivity contribution is 0.234. The van der Waals surface area contributed by atoms with Gasteiger partial charge < -0.3 is 20.3 Å².